The van der Waals surface area contributed by atoms with E-state index in [1.54, 1.807) is 0 Å². The van der Waals surface area contributed by atoms with Crippen molar-refractivity contribution >= 4 is 23.6 Å². The number of fused-ring (bicyclic) bond motifs is 7. The monoisotopic (exact) mass is 640 g/mol. The number of nitrogens with zero attached hydrogens (tertiary/aromatic N) is 1. The molecule has 4 saturated carbocycles. The first kappa shape index (κ1) is 35.1. The van der Waals surface area contributed by atoms with Crippen LogP contribution >= 0.6 is 0 Å². The van der Waals surface area contributed by atoms with Crippen molar-refractivity contribution in [1.82, 2.24) is 10.2 Å². The molecule has 3 N–H and O–H groups in total. The zero-order chi connectivity index (χ0) is 34.5. The molecule has 0 aromatic rings. The van der Waals surface area contributed by atoms with Gasteiger partial charge in [0.25, 0.3) is 0 Å². The first-order valence-electron chi connectivity index (χ1n) is 17.7. The number of allylic oxidation sites excluding steroid dienone is 2. The summed E-state index contributed by atoms with van der Waals surface area (Å²) in [7, 11) is 0. The third-order valence-corrected chi connectivity index (χ3v) is 14.5. The van der Waals surface area contributed by atoms with Crippen LogP contribution in [-0.4, -0.2) is 63.4 Å². The first-order valence-corrected chi connectivity index (χ1v) is 17.7. The highest BCUT2D eigenvalue weighted by Crippen LogP contribution is 2.75. The second-order valence-corrected chi connectivity index (χ2v) is 19.0. The van der Waals surface area contributed by atoms with E-state index in [0.29, 0.717) is 12.8 Å². The molecule has 8 nitrogen and oxygen atoms in total. The number of hydrogen-bond acceptors (Lipinski definition) is 5. The van der Waals surface area contributed by atoms with Crippen LogP contribution in [0.5, 0.6) is 0 Å². The van der Waals surface area contributed by atoms with Crippen molar-refractivity contribution < 1.29 is 29.4 Å². The molecule has 0 unspecified atom stereocenters. The van der Waals surface area contributed by atoms with Gasteiger partial charge >= 0.3 is 5.97 Å². The minimum absolute atomic E-state index is 0.0147. The number of carboxylic acids is 1. The van der Waals surface area contributed by atoms with Gasteiger partial charge < -0.3 is 20.4 Å². The number of carboxylic acid groups (broad SMARTS) is 1. The van der Waals surface area contributed by atoms with Gasteiger partial charge in [-0.1, -0.05) is 54.0 Å². The third-order valence-electron chi connectivity index (χ3n) is 14.5. The maximum atomic E-state index is 14.6. The van der Waals surface area contributed by atoms with Crippen molar-refractivity contribution in [1.29, 1.82) is 0 Å². The SMILES string of the molecule is CC(C)(C)NC(=O)CN(CC(=O)O)C(=O)[C@@]1(C)CC[C@]2(C)CC[C@]3(C)C(=CC(=O)[C@@H]4[C@@]5(C)CC[C@H](O)C(C)(C)[C@@H]5CC[C@]43C)[C@@H]2C1. The quantitative estimate of drug-likeness (QED) is 0.331. The van der Waals surface area contributed by atoms with Crippen LogP contribution in [-0.2, 0) is 19.2 Å². The van der Waals surface area contributed by atoms with Gasteiger partial charge in [0, 0.05) is 16.9 Å². The molecule has 258 valence electrons. The number of aliphatic carboxylic acids is 1. The molecule has 0 saturated heterocycles. The van der Waals surface area contributed by atoms with Crippen molar-refractivity contribution in [3.8, 4) is 0 Å². The minimum atomic E-state index is -1.14. The van der Waals surface area contributed by atoms with Gasteiger partial charge in [0.15, 0.2) is 5.78 Å². The zero-order valence-corrected chi connectivity index (χ0v) is 30.1. The van der Waals surface area contributed by atoms with Crippen molar-refractivity contribution in [3.63, 3.8) is 0 Å². The van der Waals surface area contributed by atoms with Crippen LogP contribution in [0, 0.1) is 50.2 Å². The van der Waals surface area contributed by atoms with Gasteiger partial charge in [0.2, 0.25) is 11.8 Å². The Balaban J connectivity index is 1.50. The van der Waals surface area contributed by atoms with Gasteiger partial charge in [-0.2, -0.15) is 0 Å². The lowest BCUT2D eigenvalue weighted by Crippen LogP contribution is -2.66. The maximum absolute atomic E-state index is 14.6. The topological polar surface area (TPSA) is 124 Å². The average molecular weight is 641 g/mol. The number of aliphatic hydroxyl groups excluding tert-OH is 1. The van der Waals surface area contributed by atoms with E-state index < -0.39 is 23.5 Å². The first-order chi connectivity index (χ1) is 20.9. The summed E-state index contributed by atoms with van der Waals surface area (Å²) < 4.78 is 0. The lowest BCUT2D eigenvalue weighted by Gasteiger charge is -2.70. The molecule has 5 rings (SSSR count). The third kappa shape index (κ3) is 5.27. The van der Waals surface area contributed by atoms with Gasteiger partial charge in [-0.25, -0.2) is 0 Å². The molecule has 0 radical (unpaired) electrons. The van der Waals surface area contributed by atoms with Gasteiger partial charge in [0.05, 0.1) is 6.10 Å². The van der Waals surface area contributed by atoms with Crippen molar-refractivity contribution in [3.05, 3.63) is 11.6 Å². The highest BCUT2D eigenvalue weighted by molar-refractivity contribution is 5.96. The highest BCUT2D eigenvalue weighted by atomic mass is 16.4. The van der Waals surface area contributed by atoms with Crippen LogP contribution in [0.25, 0.3) is 0 Å². The number of amides is 2. The normalized spacial score (nSPS) is 43.2. The molecule has 2 amide bonds. The summed E-state index contributed by atoms with van der Waals surface area (Å²) in [5.41, 5.74) is -1.12. The van der Waals surface area contributed by atoms with Crippen LogP contribution < -0.4 is 5.32 Å². The Morgan fingerprint density at radius 3 is 2.15 bits per heavy atom. The molecule has 0 aromatic heterocycles. The summed E-state index contributed by atoms with van der Waals surface area (Å²) in [6, 6.07) is 0. The Morgan fingerprint density at radius 1 is 0.913 bits per heavy atom. The Kier molecular flexibility index (Phi) is 8.31. The lowest BCUT2D eigenvalue weighted by atomic mass is 9.33. The zero-order valence-electron chi connectivity index (χ0n) is 30.1. The molecule has 0 aromatic carbocycles. The summed E-state index contributed by atoms with van der Waals surface area (Å²) in [5, 5.41) is 23.6. The predicted molar refractivity (Wildman–Crippen MR) is 178 cm³/mol. The Bertz CT molecular complexity index is 1350. The lowest BCUT2D eigenvalue weighted by molar-refractivity contribution is -0.202. The molecule has 0 spiro atoms. The van der Waals surface area contributed by atoms with E-state index in [9.17, 15) is 29.4 Å². The molecule has 8 heteroatoms. The van der Waals surface area contributed by atoms with Gasteiger partial charge in [-0.05, 0) is 124 Å². The number of carbonyl (C=O) groups is 4. The summed E-state index contributed by atoms with van der Waals surface area (Å²) in [6.07, 6.45) is 9.10. The van der Waals surface area contributed by atoms with E-state index in [2.05, 4.69) is 46.9 Å². The number of carbonyl (C=O) groups excluding carboxylic acids is 3. The molecule has 0 aliphatic heterocycles. The molecule has 5 aliphatic rings. The van der Waals surface area contributed by atoms with E-state index in [0.717, 1.165) is 44.9 Å². The second kappa shape index (κ2) is 10.9. The Labute approximate surface area is 276 Å². The fourth-order valence-electron chi connectivity index (χ4n) is 11.7. The van der Waals surface area contributed by atoms with Gasteiger partial charge in [0.1, 0.15) is 13.1 Å². The van der Waals surface area contributed by atoms with E-state index in [-0.39, 0.29) is 75.1 Å². The van der Waals surface area contributed by atoms with Crippen LogP contribution in [0.3, 0.4) is 0 Å². The maximum Gasteiger partial charge on any atom is 0.323 e. The minimum Gasteiger partial charge on any atom is -0.480 e. The number of nitrogens with one attached hydrogen (secondary N) is 1. The fourth-order valence-corrected chi connectivity index (χ4v) is 11.7. The molecular weight excluding hydrogens is 580 g/mol. The summed E-state index contributed by atoms with van der Waals surface area (Å²) in [6.45, 7) is 20.4. The van der Waals surface area contributed by atoms with Crippen molar-refractivity contribution in [2.24, 2.45) is 50.2 Å². The molecule has 9 atom stereocenters. The number of hydrogen-bond donors (Lipinski definition) is 3. The largest absolute Gasteiger partial charge is 0.480 e. The number of aliphatic hydroxyl groups is 1. The smallest absolute Gasteiger partial charge is 0.323 e. The average Bonchev–Trinajstić information content (AvgIpc) is 2.91. The molecular formula is C38H60N2O6. The summed E-state index contributed by atoms with van der Waals surface area (Å²) in [5.74, 6) is -1.44. The molecule has 4 fully saturated rings. The molecule has 0 heterocycles. The van der Waals surface area contributed by atoms with Gasteiger partial charge in [-0.15, -0.1) is 0 Å². The standard InChI is InChI=1S/C38H60N2O6/c1-32(2,3)39-28(43)21-40(22-29(44)45)31(46)35(7)16-15-34(6)17-18-37(9)23(24(34)20-35)19-25(41)30-36(8)13-12-27(42)33(4,5)26(36)11-14-38(30,37)10/h19,24,26-27,30,42H,11-18,20-22H2,1-10H3,(H,39,43)(H,44,45)/t24-,26-,27-,30+,34+,35-,36-,37+,38+/m0/s1. The number of rotatable bonds is 5. The van der Waals surface area contributed by atoms with Crippen LogP contribution in [0.4, 0.5) is 0 Å². The van der Waals surface area contributed by atoms with E-state index in [4.69, 9.17) is 0 Å². The highest BCUT2D eigenvalue weighted by Gasteiger charge is 2.70. The molecule has 46 heavy (non-hydrogen) atoms. The fraction of sp³-hybridized carbons (Fsp3) is 0.842. The second-order valence-electron chi connectivity index (χ2n) is 19.0. The van der Waals surface area contributed by atoms with E-state index >= 15 is 0 Å². The Morgan fingerprint density at radius 2 is 1.54 bits per heavy atom. The predicted octanol–water partition coefficient (Wildman–Crippen LogP) is 6.16. The molecule has 0 bridgehead atoms. The van der Waals surface area contributed by atoms with Gasteiger partial charge in [-0.3, -0.25) is 19.2 Å². The van der Waals surface area contributed by atoms with E-state index in [1.165, 1.54) is 10.5 Å². The van der Waals surface area contributed by atoms with Crippen LogP contribution in [0.2, 0.25) is 0 Å². The van der Waals surface area contributed by atoms with Crippen molar-refractivity contribution in [2.45, 2.75) is 139 Å². The van der Waals surface area contributed by atoms with Crippen molar-refractivity contribution in [2.75, 3.05) is 13.1 Å². The number of ketones is 1. The van der Waals surface area contributed by atoms with E-state index in [1.807, 2.05) is 33.8 Å². The Hall–Kier alpha value is -2.22. The van der Waals surface area contributed by atoms with Crippen LogP contribution in [0.15, 0.2) is 11.6 Å². The van der Waals surface area contributed by atoms with Crippen LogP contribution in [0.1, 0.15) is 127 Å². The summed E-state index contributed by atoms with van der Waals surface area (Å²) >= 11 is 0. The molecule has 5 aliphatic carbocycles. The summed E-state index contributed by atoms with van der Waals surface area (Å²) in [4.78, 5) is 54.9.